The summed E-state index contributed by atoms with van der Waals surface area (Å²) < 4.78 is 8.90. The minimum atomic E-state index is -0.178. The third kappa shape index (κ3) is 3.84. The fourth-order valence-electron chi connectivity index (χ4n) is 3.97. The summed E-state index contributed by atoms with van der Waals surface area (Å²) in [6.07, 6.45) is 1.99. The Balaban J connectivity index is 1.73. The van der Waals surface area contributed by atoms with E-state index in [0.29, 0.717) is 11.2 Å². The molecule has 0 unspecified atom stereocenters. The Labute approximate surface area is 187 Å². The Hall–Kier alpha value is -3.68. The highest BCUT2D eigenvalue weighted by atomic mass is 16.5. The molecule has 4 aromatic rings. The molecule has 0 aliphatic carbocycles. The molecule has 0 radical (unpaired) electrons. The molecule has 32 heavy (non-hydrogen) atoms. The standard InChI is InChI=1S/C24H28N6O2/c1-7-29-13-21(16(4)27-29)15(3)26-24(31)20-12-14(2)25-23-22(20)17(5)28-30(23)18-8-10-19(32-6)11-9-18/h8-13,15H,7H2,1-6H3,(H,26,31)/t15-/m0/s1. The van der Waals surface area contributed by atoms with Crippen molar-refractivity contribution in [3.05, 3.63) is 64.7 Å². The number of hydrogen-bond acceptors (Lipinski definition) is 5. The van der Waals surface area contributed by atoms with Crippen molar-refractivity contribution in [2.45, 2.75) is 47.2 Å². The third-order valence-corrected chi connectivity index (χ3v) is 5.62. The van der Waals surface area contributed by atoms with Crippen LogP contribution in [0.3, 0.4) is 0 Å². The number of hydrogen-bond donors (Lipinski definition) is 1. The minimum absolute atomic E-state index is 0.158. The average Bonchev–Trinajstić information content (AvgIpc) is 3.32. The van der Waals surface area contributed by atoms with Crippen LogP contribution in [0.2, 0.25) is 0 Å². The van der Waals surface area contributed by atoms with Gasteiger partial charge in [-0.2, -0.15) is 10.2 Å². The van der Waals surface area contributed by atoms with Gasteiger partial charge < -0.3 is 10.1 Å². The van der Waals surface area contributed by atoms with E-state index in [1.54, 1.807) is 11.8 Å². The lowest BCUT2D eigenvalue weighted by molar-refractivity contribution is 0.0941. The van der Waals surface area contributed by atoms with Gasteiger partial charge in [-0.05, 0) is 65.0 Å². The highest BCUT2D eigenvalue weighted by Crippen LogP contribution is 2.26. The van der Waals surface area contributed by atoms with Crippen molar-refractivity contribution >= 4 is 16.9 Å². The van der Waals surface area contributed by atoms with Gasteiger partial charge in [0.1, 0.15) is 5.75 Å². The van der Waals surface area contributed by atoms with E-state index in [4.69, 9.17) is 9.72 Å². The number of carbonyl (C=O) groups is 1. The van der Waals surface area contributed by atoms with Crippen molar-refractivity contribution in [2.24, 2.45) is 0 Å². The van der Waals surface area contributed by atoms with Crippen LogP contribution < -0.4 is 10.1 Å². The van der Waals surface area contributed by atoms with Gasteiger partial charge in [-0.25, -0.2) is 9.67 Å². The molecule has 0 spiro atoms. The third-order valence-electron chi connectivity index (χ3n) is 5.62. The number of carbonyl (C=O) groups excluding carboxylic acids is 1. The molecule has 0 fully saturated rings. The summed E-state index contributed by atoms with van der Waals surface area (Å²) in [6, 6.07) is 9.24. The predicted molar refractivity (Wildman–Crippen MR) is 123 cm³/mol. The molecule has 0 bridgehead atoms. The number of pyridine rings is 1. The van der Waals surface area contributed by atoms with Gasteiger partial charge in [0.2, 0.25) is 0 Å². The molecule has 8 nitrogen and oxygen atoms in total. The Morgan fingerprint density at radius 1 is 1.12 bits per heavy atom. The normalized spacial score (nSPS) is 12.2. The lowest BCUT2D eigenvalue weighted by atomic mass is 10.1. The second-order valence-electron chi connectivity index (χ2n) is 7.93. The van der Waals surface area contributed by atoms with Crippen LogP contribution in [-0.4, -0.2) is 37.6 Å². The first kappa shape index (κ1) is 21.5. The van der Waals surface area contributed by atoms with Crippen LogP contribution in [0, 0.1) is 20.8 Å². The number of nitrogens with one attached hydrogen (secondary N) is 1. The van der Waals surface area contributed by atoms with Gasteiger partial charge in [0.25, 0.3) is 5.91 Å². The van der Waals surface area contributed by atoms with Crippen molar-refractivity contribution in [3.8, 4) is 11.4 Å². The maximum absolute atomic E-state index is 13.3. The van der Waals surface area contributed by atoms with Crippen LogP contribution in [-0.2, 0) is 6.54 Å². The zero-order chi connectivity index (χ0) is 23.0. The summed E-state index contributed by atoms with van der Waals surface area (Å²) in [5, 5.41) is 13.1. The molecule has 0 aliphatic rings. The summed E-state index contributed by atoms with van der Waals surface area (Å²) in [4.78, 5) is 18.0. The van der Waals surface area contributed by atoms with Crippen LogP contribution in [0.1, 0.15) is 52.9 Å². The van der Waals surface area contributed by atoms with Gasteiger partial charge in [-0.15, -0.1) is 0 Å². The number of methoxy groups -OCH3 is 1. The molecule has 3 heterocycles. The van der Waals surface area contributed by atoms with Crippen LogP contribution >= 0.6 is 0 Å². The predicted octanol–water partition coefficient (Wildman–Crippen LogP) is 4.06. The van der Waals surface area contributed by atoms with E-state index in [2.05, 4.69) is 15.5 Å². The molecule has 4 rings (SSSR count). The van der Waals surface area contributed by atoms with E-state index in [9.17, 15) is 4.79 Å². The number of aromatic nitrogens is 5. The number of nitrogens with zero attached hydrogens (tertiary/aromatic N) is 5. The van der Waals surface area contributed by atoms with E-state index in [-0.39, 0.29) is 11.9 Å². The topological polar surface area (TPSA) is 86.9 Å². The maximum Gasteiger partial charge on any atom is 0.252 e. The zero-order valence-corrected chi connectivity index (χ0v) is 19.3. The Morgan fingerprint density at radius 3 is 2.47 bits per heavy atom. The van der Waals surface area contributed by atoms with Crippen LogP contribution in [0.15, 0.2) is 36.5 Å². The lowest BCUT2D eigenvalue weighted by Crippen LogP contribution is -2.27. The lowest BCUT2D eigenvalue weighted by Gasteiger charge is -2.14. The van der Waals surface area contributed by atoms with E-state index in [0.717, 1.165) is 46.0 Å². The maximum atomic E-state index is 13.3. The van der Waals surface area contributed by atoms with E-state index in [1.165, 1.54) is 0 Å². The molecule has 0 aliphatic heterocycles. The van der Waals surface area contributed by atoms with Gasteiger partial charge in [0.05, 0.1) is 41.2 Å². The summed E-state index contributed by atoms with van der Waals surface area (Å²) in [7, 11) is 1.63. The molecule has 1 aromatic carbocycles. The Bertz CT molecular complexity index is 1290. The number of amides is 1. The highest BCUT2D eigenvalue weighted by molar-refractivity contribution is 6.07. The molecule has 3 aromatic heterocycles. The van der Waals surface area contributed by atoms with Gasteiger partial charge >= 0.3 is 0 Å². The van der Waals surface area contributed by atoms with Gasteiger partial charge in [0.15, 0.2) is 5.65 Å². The fourth-order valence-corrected chi connectivity index (χ4v) is 3.97. The molecule has 1 atom stereocenters. The first-order chi connectivity index (χ1) is 15.3. The van der Waals surface area contributed by atoms with Crippen LogP contribution in [0.4, 0.5) is 0 Å². The van der Waals surface area contributed by atoms with Crippen molar-refractivity contribution in [3.63, 3.8) is 0 Å². The molecular formula is C24H28N6O2. The van der Waals surface area contributed by atoms with Crippen molar-refractivity contribution in [2.75, 3.05) is 7.11 Å². The smallest absolute Gasteiger partial charge is 0.252 e. The van der Waals surface area contributed by atoms with E-state index < -0.39 is 0 Å². The molecule has 0 saturated heterocycles. The van der Waals surface area contributed by atoms with E-state index >= 15 is 0 Å². The number of aryl methyl sites for hydroxylation is 4. The largest absolute Gasteiger partial charge is 0.497 e. The second kappa shape index (κ2) is 8.45. The van der Waals surface area contributed by atoms with Crippen LogP contribution in [0.25, 0.3) is 16.7 Å². The van der Waals surface area contributed by atoms with Gasteiger partial charge in [-0.3, -0.25) is 9.48 Å². The monoisotopic (exact) mass is 432 g/mol. The SMILES string of the molecule is CCn1cc([C@H](C)NC(=O)c2cc(C)nc3c2c(C)nn3-c2ccc(OC)cc2)c(C)n1. The van der Waals surface area contributed by atoms with E-state index in [1.807, 2.05) is 75.8 Å². The van der Waals surface area contributed by atoms with Gasteiger partial charge in [0, 0.05) is 24.0 Å². The first-order valence-electron chi connectivity index (χ1n) is 10.7. The minimum Gasteiger partial charge on any atom is -0.497 e. The molecule has 1 amide bonds. The number of rotatable bonds is 6. The number of benzene rings is 1. The zero-order valence-electron chi connectivity index (χ0n) is 19.3. The fraction of sp³-hybridized carbons (Fsp3) is 0.333. The molecule has 0 saturated carbocycles. The molecule has 8 heteroatoms. The molecule has 166 valence electrons. The Morgan fingerprint density at radius 2 is 1.84 bits per heavy atom. The summed E-state index contributed by atoms with van der Waals surface area (Å²) in [5.74, 6) is 0.607. The number of ether oxygens (including phenoxy) is 1. The summed E-state index contributed by atoms with van der Waals surface area (Å²) >= 11 is 0. The average molecular weight is 433 g/mol. The molecular weight excluding hydrogens is 404 g/mol. The summed E-state index contributed by atoms with van der Waals surface area (Å²) in [5.41, 5.74) is 5.49. The van der Waals surface area contributed by atoms with Crippen molar-refractivity contribution in [1.82, 2.24) is 29.9 Å². The summed E-state index contributed by atoms with van der Waals surface area (Å²) in [6.45, 7) is 10.5. The van der Waals surface area contributed by atoms with Crippen molar-refractivity contribution in [1.29, 1.82) is 0 Å². The van der Waals surface area contributed by atoms with Crippen LogP contribution in [0.5, 0.6) is 5.75 Å². The quantitative estimate of drug-likeness (QED) is 0.496. The number of fused-ring (bicyclic) bond motifs is 1. The van der Waals surface area contributed by atoms with Crippen molar-refractivity contribution < 1.29 is 9.53 Å². The Kier molecular flexibility index (Phi) is 5.69. The second-order valence-corrected chi connectivity index (χ2v) is 7.93. The highest BCUT2D eigenvalue weighted by Gasteiger charge is 2.22. The first-order valence-corrected chi connectivity index (χ1v) is 10.7. The van der Waals surface area contributed by atoms with Gasteiger partial charge in [-0.1, -0.05) is 0 Å². The molecule has 1 N–H and O–H groups in total.